The van der Waals surface area contributed by atoms with E-state index in [1.54, 1.807) is 0 Å². The van der Waals surface area contributed by atoms with Crippen molar-refractivity contribution in [3.8, 4) is 0 Å². The molecular formula is C15H22N2O. The minimum atomic E-state index is 0.280. The summed E-state index contributed by atoms with van der Waals surface area (Å²) >= 11 is 0. The zero-order valence-electron chi connectivity index (χ0n) is 11.3. The lowest BCUT2D eigenvalue weighted by atomic mass is 10.1. The van der Waals surface area contributed by atoms with Crippen LogP contribution in [-0.2, 0) is 11.3 Å². The molecule has 1 saturated heterocycles. The molecule has 1 heterocycles. The van der Waals surface area contributed by atoms with Crippen molar-refractivity contribution < 1.29 is 4.79 Å². The lowest BCUT2D eigenvalue weighted by Crippen LogP contribution is -2.53. The molecule has 2 rings (SSSR count). The van der Waals surface area contributed by atoms with E-state index in [0.29, 0.717) is 12.5 Å². The maximum absolute atomic E-state index is 11.7. The van der Waals surface area contributed by atoms with Gasteiger partial charge in [-0.15, -0.1) is 0 Å². The van der Waals surface area contributed by atoms with E-state index in [0.717, 1.165) is 26.2 Å². The van der Waals surface area contributed by atoms with Crippen LogP contribution in [0, 0.1) is 0 Å². The average molecular weight is 246 g/mol. The molecule has 1 aromatic carbocycles. The number of amides is 1. The fourth-order valence-electron chi connectivity index (χ4n) is 2.59. The van der Waals surface area contributed by atoms with E-state index in [9.17, 15) is 4.79 Å². The van der Waals surface area contributed by atoms with Gasteiger partial charge in [0, 0.05) is 38.6 Å². The minimum absolute atomic E-state index is 0.280. The molecule has 0 N–H and O–H groups in total. The van der Waals surface area contributed by atoms with Crippen molar-refractivity contribution in [2.75, 3.05) is 19.6 Å². The SMILES string of the molecule is CCC(=O)N1CCN(Cc2ccccc2)C[C@@H]1C. The molecule has 0 spiro atoms. The van der Waals surface area contributed by atoms with Crippen molar-refractivity contribution in [2.24, 2.45) is 0 Å². The first-order valence-corrected chi connectivity index (χ1v) is 6.76. The Morgan fingerprint density at radius 3 is 2.61 bits per heavy atom. The summed E-state index contributed by atoms with van der Waals surface area (Å²) in [5, 5.41) is 0. The molecule has 1 aliphatic rings. The molecule has 18 heavy (non-hydrogen) atoms. The largest absolute Gasteiger partial charge is 0.337 e. The van der Waals surface area contributed by atoms with Gasteiger partial charge >= 0.3 is 0 Å². The van der Waals surface area contributed by atoms with Crippen molar-refractivity contribution in [1.29, 1.82) is 0 Å². The molecule has 3 nitrogen and oxygen atoms in total. The van der Waals surface area contributed by atoms with E-state index >= 15 is 0 Å². The van der Waals surface area contributed by atoms with Crippen LogP contribution in [0.2, 0.25) is 0 Å². The van der Waals surface area contributed by atoms with Gasteiger partial charge in [0.2, 0.25) is 5.91 Å². The zero-order valence-corrected chi connectivity index (χ0v) is 11.3. The smallest absolute Gasteiger partial charge is 0.222 e. The van der Waals surface area contributed by atoms with Gasteiger partial charge in [-0.1, -0.05) is 37.3 Å². The molecule has 1 atom stereocenters. The number of hydrogen-bond donors (Lipinski definition) is 0. The van der Waals surface area contributed by atoms with Crippen molar-refractivity contribution in [3.63, 3.8) is 0 Å². The number of hydrogen-bond acceptors (Lipinski definition) is 2. The van der Waals surface area contributed by atoms with Gasteiger partial charge < -0.3 is 4.90 Å². The summed E-state index contributed by atoms with van der Waals surface area (Å²) in [7, 11) is 0. The molecule has 0 aliphatic carbocycles. The van der Waals surface area contributed by atoms with Gasteiger partial charge in [0.25, 0.3) is 0 Å². The van der Waals surface area contributed by atoms with Crippen LogP contribution in [0.1, 0.15) is 25.8 Å². The van der Waals surface area contributed by atoms with Crippen LogP contribution in [0.4, 0.5) is 0 Å². The number of nitrogens with zero attached hydrogens (tertiary/aromatic N) is 2. The number of rotatable bonds is 3. The van der Waals surface area contributed by atoms with E-state index in [2.05, 4.69) is 36.1 Å². The van der Waals surface area contributed by atoms with Crippen LogP contribution in [0.15, 0.2) is 30.3 Å². The summed E-state index contributed by atoms with van der Waals surface area (Å²) < 4.78 is 0. The lowest BCUT2D eigenvalue weighted by molar-refractivity contribution is -0.135. The van der Waals surface area contributed by atoms with Crippen LogP contribution in [0.3, 0.4) is 0 Å². The molecule has 3 heteroatoms. The maximum atomic E-state index is 11.7. The van der Waals surface area contributed by atoms with E-state index in [1.807, 2.05) is 17.9 Å². The van der Waals surface area contributed by atoms with Crippen LogP contribution >= 0.6 is 0 Å². The second kappa shape index (κ2) is 6.01. The number of benzene rings is 1. The lowest BCUT2D eigenvalue weighted by Gasteiger charge is -2.39. The Kier molecular flexibility index (Phi) is 4.37. The van der Waals surface area contributed by atoms with Crippen molar-refractivity contribution in [3.05, 3.63) is 35.9 Å². The highest BCUT2D eigenvalue weighted by molar-refractivity contribution is 5.76. The predicted octanol–water partition coefficient (Wildman–Crippen LogP) is 2.13. The summed E-state index contributed by atoms with van der Waals surface area (Å²) in [5.41, 5.74) is 1.35. The second-order valence-corrected chi connectivity index (χ2v) is 5.01. The Balaban J connectivity index is 1.90. The maximum Gasteiger partial charge on any atom is 0.222 e. The number of carbonyl (C=O) groups excluding carboxylic acids is 1. The molecule has 0 radical (unpaired) electrons. The van der Waals surface area contributed by atoms with Gasteiger partial charge in [-0.2, -0.15) is 0 Å². The van der Waals surface area contributed by atoms with Gasteiger partial charge in [0.1, 0.15) is 0 Å². The quantitative estimate of drug-likeness (QED) is 0.815. The first kappa shape index (κ1) is 13.1. The van der Waals surface area contributed by atoms with E-state index in [4.69, 9.17) is 0 Å². The highest BCUT2D eigenvalue weighted by atomic mass is 16.2. The first-order valence-electron chi connectivity index (χ1n) is 6.76. The molecule has 0 unspecified atom stereocenters. The van der Waals surface area contributed by atoms with Crippen molar-refractivity contribution in [1.82, 2.24) is 9.80 Å². The molecule has 0 bridgehead atoms. The van der Waals surface area contributed by atoms with Gasteiger partial charge in [-0.25, -0.2) is 0 Å². The topological polar surface area (TPSA) is 23.6 Å². The highest BCUT2D eigenvalue weighted by Crippen LogP contribution is 2.13. The predicted molar refractivity (Wildman–Crippen MR) is 73.2 cm³/mol. The summed E-state index contributed by atoms with van der Waals surface area (Å²) in [5.74, 6) is 0.280. The highest BCUT2D eigenvalue weighted by Gasteiger charge is 2.26. The van der Waals surface area contributed by atoms with Gasteiger partial charge in [0.05, 0.1) is 0 Å². The van der Waals surface area contributed by atoms with Crippen LogP contribution in [0.25, 0.3) is 0 Å². The van der Waals surface area contributed by atoms with E-state index in [-0.39, 0.29) is 5.91 Å². The zero-order chi connectivity index (χ0) is 13.0. The normalized spacial score (nSPS) is 21.0. The molecular weight excluding hydrogens is 224 g/mol. The van der Waals surface area contributed by atoms with E-state index < -0.39 is 0 Å². The van der Waals surface area contributed by atoms with Gasteiger partial charge in [-0.05, 0) is 12.5 Å². The Bertz CT molecular complexity index is 391. The molecule has 1 fully saturated rings. The molecule has 0 saturated carbocycles. The second-order valence-electron chi connectivity index (χ2n) is 5.01. The van der Waals surface area contributed by atoms with Crippen LogP contribution < -0.4 is 0 Å². The fraction of sp³-hybridized carbons (Fsp3) is 0.533. The number of piperazine rings is 1. The van der Waals surface area contributed by atoms with Gasteiger partial charge in [-0.3, -0.25) is 9.69 Å². The first-order chi connectivity index (χ1) is 8.70. The third kappa shape index (κ3) is 3.10. The van der Waals surface area contributed by atoms with Crippen LogP contribution in [-0.4, -0.2) is 41.4 Å². The van der Waals surface area contributed by atoms with Gasteiger partial charge in [0.15, 0.2) is 0 Å². The molecule has 98 valence electrons. The Morgan fingerprint density at radius 1 is 1.28 bits per heavy atom. The standard InChI is InChI=1S/C15H22N2O/c1-3-15(18)17-10-9-16(11-13(17)2)12-14-7-5-4-6-8-14/h4-8,13H,3,9-12H2,1-2H3/t13-/m0/s1. The minimum Gasteiger partial charge on any atom is -0.337 e. The third-order valence-electron chi connectivity index (χ3n) is 3.58. The summed E-state index contributed by atoms with van der Waals surface area (Å²) in [6.07, 6.45) is 0.614. The molecule has 0 aromatic heterocycles. The fourth-order valence-corrected chi connectivity index (χ4v) is 2.59. The third-order valence-corrected chi connectivity index (χ3v) is 3.58. The van der Waals surface area contributed by atoms with Crippen molar-refractivity contribution >= 4 is 5.91 Å². The monoisotopic (exact) mass is 246 g/mol. The molecule has 1 aliphatic heterocycles. The Labute approximate surface area is 109 Å². The van der Waals surface area contributed by atoms with Crippen molar-refractivity contribution in [2.45, 2.75) is 32.9 Å². The van der Waals surface area contributed by atoms with Crippen LogP contribution in [0.5, 0.6) is 0 Å². The number of carbonyl (C=O) groups is 1. The Morgan fingerprint density at radius 2 is 2.00 bits per heavy atom. The van der Waals surface area contributed by atoms with E-state index in [1.165, 1.54) is 5.56 Å². The summed E-state index contributed by atoms with van der Waals surface area (Å²) in [6.45, 7) is 7.88. The summed E-state index contributed by atoms with van der Waals surface area (Å²) in [6, 6.07) is 10.9. The summed E-state index contributed by atoms with van der Waals surface area (Å²) in [4.78, 5) is 16.2. The molecule has 1 amide bonds. The average Bonchev–Trinajstić information content (AvgIpc) is 2.39. The Hall–Kier alpha value is -1.35. The molecule has 1 aromatic rings.